The van der Waals surface area contributed by atoms with Crippen LogP contribution in [-0.2, 0) is 20.9 Å². The highest BCUT2D eigenvalue weighted by Gasteiger charge is 2.43. The highest BCUT2D eigenvalue weighted by molar-refractivity contribution is 6.15. The zero-order chi connectivity index (χ0) is 21.1. The number of ketones is 2. The van der Waals surface area contributed by atoms with E-state index in [2.05, 4.69) is 11.4 Å². The Labute approximate surface area is 170 Å². The predicted molar refractivity (Wildman–Crippen MR) is 109 cm³/mol. The first-order valence-electron chi connectivity index (χ1n) is 9.70. The van der Waals surface area contributed by atoms with Gasteiger partial charge in [0.1, 0.15) is 11.7 Å². The van der Waals surface area contributed by atoms with Crippen LogP contribution in [0, 0.1) is 38.0 Å². The second-order valence-corrected chi connectivity index (χ2v) is 7.81. The molecule has 1 aliphatic carbocycles. The summed E-state index contributed by atoms with van der Waals surface area (Å²) in [5.41, 5.74) is 5.11. The van der Waals surface area contributed by atoms with Gasteiger partial charge in [-0.15, -0.1) is 0 Å². The zero-order valence-electron chi connectivity index (χ0n) is 16.9. The quantitative estimate of drug-likeness (QED) is 0.795. The number of hydrogen-bond acceptors (Lipinski definition) is 4. The number of amides is 1. The van der Waals surface area contributed by atoms with Gasteiger partial charge in [0.25, 0.3) is 0 Å². The fraction of sp³-hybridized carbons (Fsp3) is 0.333. The maximum atomic E-state index is 13.0. The molecule has 0 heterocycles. The first-order valence-corrected chi connectivity index (χ1v) is 9.70. The number of nitriles is 1. The average molecular weight is 388 g/mol. The lowest BCUT2D eigenvalue weighted by molar-refractivity contribution is -0.128. The number of hydrogen-bond donors (Lipinski definition) is 1. The topological polar surface area (TPSA) is 87.0 Å². The number of rotatable bonds is 5. The van der Waals surface area contributed by atoms with Gasteiger partial charge in [-0.3, -0.25) is 14.4 Å². The molecule has 0 radical (unpaired) electrons. The maximum absolute atomic E-state index is 13.0. The summed E-state index contributed by atoms with van der Waals surface area (Å²) < 4.78 is 0. The standard InChI is InChI=1S/C24H24N2O3/c1-14-7-15(2)22(16(3)8-14)23-20(27)10-19(24(23)29)11-21(28)26-13-18-6-4-5-17(9-18)12-25/h4-9,19,23H,10-11,13H2,1-3H3,(H,26,28). The average Bonchev–Trinajstić information content (AvgIpc) is 2.93. The van der Waals surface area contributed by atoms with Crippen LogP contribution < -0.4 is 5.32 Å². The Balaban J connectivity index is 1.67. The minimum Gasteiger partial charge on any atom is -0.352 e. The van der Waals surface area contributed by atoms with Crippen molar-refractivity contribution in [3.63, 3.8) is 0 Å². The molecule has 0 bridgehead atoms. The van der Waals surface area contributed by atoms with Crippen molar-refractivity contribution < 1.29 is 14.4 Å². The summed E-state index contributed by atoms with van der Waals surface area (Å²) in [6, 6.07) is 13.0. The van der Waals surface area contributed by atoms with E-state index in [0.717, 1.165) is 27.8 Å². The van der Waals surface area contributed by atoms with Crippen molar-refractivity contribution >= 4 is 17.5 Å². The molecule has 0 aliphatic heterocycles. The lowest BCUT2D eigenvalue weighted by Gasteiger charge is -2.16. The van der Waals surface area contributed by atoms with E-state index in [0.29, 0.717) is 5.56 Å². The fourth-order valence-corrected chi connectivity index (χ4v) is 4.23. The molecular formula is C24H24N2O3. The van der Waals surface area contributed by atoms with Gasteiger partial charge in [-0.25, -0.2) is 0 Å². The van der Waals surface area contributed by atoms with Gasteiger partial charge in [0.2, 0.25) is 5.91 Å². The highest BCUT2D eigenvalue weighted by Crippen LogP contribution is 2.37. The predicted octanol–water partition coefficient (Wildman–Crippen LogP) is 3.43. The number of Topliss-reactive ketones (excluding diaryl/α,β-unsaturated/α-hetero) is 2. The Hall–Kier alpha value is -3.26. The van der Waals surface area contributed by atoms with Crippen molar-refractivity contribution in [3.05, 3.63) is 69.8 Å². The third-order valence-corrected chi connectivity index (χ3v) is 5.46. The monoisotopic (exact) mass is 388 g/mol. The molecular weight excluding hydrogens is 364 g/mol. The molecule has 1 saturated carbocycles. The molecule has 5 nitrogen and oxygen atoms in total. The minimum absolute atomic E-state index is 0.00295. The lowest BCUT2D eigenvalue weighted by atomic mass is 9.86. The number of nitrogens with one attached hydrogen (secondary N) is 1. The third kappa shape index (κ3) is 4.43. The summed E-state index contributed by atoms with van der Waals surface area (Å²) in [5.74, 6) is -1.88. The van der Waals surface area contributed by atoms with E-state index in [1.807, 2.05) is 39.0 Å². The molecule has 5 heteroatoms. The minimum atomic E-state index is -0.763. The van der Waals surface area contributed by atoms with Gasteiger partial charge < -0.3 is 5.32 Å². The smallest absolute Gasteiger partial charge is 0.221 e. The summed E-state index contributed by atoms with van der Waals surface area (Å²) >= 11 is 0. The molecule has 1 N–H and O–H groups in total. The summed E-state index contributed by atoms with van der Waals surface area (Å²) in [6.45, 7) is 6.11. The molecule has 2 unspecified atom stereocenters. The number of carbonyl (C=O) groups excluding carboxylic acids is 3. The van der Waals surface area contributed by atoms with Gasteiger partial charge in [0.05, 0.1) is 11.6 Å². The largest absolute Gasteiger partial charge is 0.352 e. The molecule has 2 aromatic carbocycles. The Morgan fingerprint density at radius 1 is 1.14 bits per heavy atom. The van der Waals surface area contributed by atoms with Crippen molar-refractivity contribution in [1.29, 1.82) is 5.26 Å². The van der Waals surface area contributed by atoms with Crippen LogP contribution in [0.2, 0.25) is 0 Å². The van der Waals surface area contributed by atoms with E-state index in [4.69, 9.17) is 5.26 Å². The molecule has 2 atom stereocenters. The molecule has 0 saturated heterocycles. The second kappa shape index (κ2) is 8.40. The van der Waals surface area contributed by atoms with Crippen molar-refractivity contribution in [2.45, 2.75) is 46.1 Å². The van der Waals surface area contributed by atoms with Crippen molar-refractivity contribution in [2.75, 3.05) is 0 Å². The van der Waals surface area contributed by atoms with E-state index in [1.165, 1.54) is 0 Å². The number of nitrogens with zero attached hydrogens (tertiary/aromatic N) is 1. The molecule has 2 aromatic rings. The van der Waals surface area contributed by atoms with Crippen LogP contribution in [-0.4, -0.2) is 17.5 Å². The molecule has 1 aliphatic rings. The van der Waals surface area contributed by atoms with Gasteiger partial charge in [0, 0.05) is 25.3 Å². The molecule has 1 fully saturated rings. The maximum Gasteiger partial charge on any atom is 0.221 e. The molecule has 0 spiro atoms. The molecule has 29 heavy (non-hydrogen) atoms. The third-order valence-electron chi connectivity index (χ3n) is 5.46. The highest BCUT2D eigenvalue weighted by atomic mass is 16.2. The van der Waals surface area contributed by atoms with Crippen LogP contribution >= 0.6 is 0 Å². The zero-order valence-corrected chi connectivity index (χ0v) is 16.9. The summed E-state index contributed by atoms with van der Waals surface area (Å²) in [5, 5.41) is 11.7. The summed E-state index contributed by atoms with van der Waals surface area (Å²) in [7, 11) is 0. The van der Waals surface area contributed by atoms with E-state index < -0.39 is 11.8 Å². The number of carbonyl (C=O) groups is 3. The fourth-order valence-electron chi connectivity index (χ4n) is 4.23. The van der Waals surface area contributed by atoms with Crippen LogP contribution in [0.25, 0.3) is 0 Å². The normalized spacial score (nSPS) is 18.6. The van der Waals surface area contributed by atoms with Gasteiger partial charge in [0.15, 0.2) is 5.78 Å². The van der Waals surface area contributed by atoms with Gasteiger partial charge in [-0.05, 0) is 55.2 Å². The summed E-state index contributed by atoms with van der Waals surface area (Å²) in [4.78, 5) is 38.0. The van der Waals surface area contributed by atoms with Gasteiger partial charge >= 0.3 is 0 Å². The van der Waals surface area contributed by atoms with Crippen LogP contribution in [0.1, 0.15) is 52.1 Å². The van der Waals surface area contributed by atoms with E-state index in [9.17, 15) is 14.4 Å². The van der Waals surface area contributed by atoms with Crippen LogP contribution in [0.5, 0.6) is 0 Å². The summed E-state index contributed by atoms with van der Waals surface area (Å²) in [6.07, 6.45) is 0.108. The Morgan fingerprint density at radius 3 is 2.48 bits per heavy atom. The van der Waals surface area contributed by atoms with Crippen molar-refractivity contribution in [1.82, 2.24) is 5.32 Å². The second-order valence-electron chi connectivity index (χ2n) is 7.81. The number of benzene rings is 2. The lowest BCUT2D eigenvalue weighted by Crippen LogP contribution is -2.27. The van der Waals surface area contributed by atoms with E-state index in [-0.39, 0.29) is 36.9 Å². The first kappa shape index (κ1) is 20.5. The van der Waals surface area contributed by atoms with Crippen LogP contribution in [0.15, 0.2) is 36.4 Å². The van der Waals surface area contributed by atoms with E-state index in [1.54, 1.807) is 18.2 Å². The molecule has 3 rings (SSSR count). The Bertz CT molecular complexity index is 1010. The molecule has 148 valence electrons. The molecule has 1 amide bonds. The number of aryl methyl sites for hydroxylation is 3. The Morgan fingerprint density at radius 2 is 1.83 bits per heavy atom. The van der Waals surface area contributed by atoms with Crippen LogP contribution in [0.3, 0.4) is 0 Å². The Kier molecular flexibility index (Phi) is 5.93. The van der Waals surface area contributed by atoms with Gasteiger partial charge in [-0.1, -0.05) is 29.8 Å². The SMILES string of the molecule is Cc1cc(C)c(C2C(=O)CC(CC(=O)NCc3cccc(C#N)c3)C2=O)c(C)c1. The van der Waals surface area contributed by atoms with Gasteiger partial charge in [-0.2, -0.15) is 5.26 Å². The van der Waals surface area contributed by atoms with E-state index >= 15 is 0 Å². The molecule has 0 aromatic heterocycles. The van der Waals surface area contributed by atoms with Crippen LogP contribution in [0.4, 0.5) is 0 Å². The van der Waals surface area contributed by atoms with Crippen molar-refractivity contribution in [2.24, 2.45) is 5.92 Å². The first-order chi connectivity index (χ1) is 13.8. The van der Waals surface area contributed by atoms with Crippen molar-refractivity contribution in [3.8, 4) is 6.07 Å².